The van der Waals surface area contributed by atoms with Crippen LogP contribution >= 0.6 is 0 Å². The third-order valence-corrected chi connectivity index (χ3v) is 6.23. The maximum absolute atomic E-state index is 5.05. The van der Waals surface area contributed by atoms with Gasteiger partial charge in [-0.2, -0.15) is 0 Å². The van der Waals surface area contributed by atoms with Crippen LogP contribution in [0.25, 0.3) is 22.3 Å². The van der Waals surface area contributed by atoms with Crippen LogP contribution in [0.1, 0.15) is 59.4 Å². The van der Waals surface area contributed by atoms with E-state index in [9.17, 15) is 0 Å². The predicted octanol–water partition coefficient (Wildman–Crippen LogP) is 5.16. The Morgan fingerprint density at radius 3 is 2.77 bits per heavy atom. The summed E-state index contributed by atoms with van der Waals surface area (Å²) in [5.41, 5.74) is 6.01. The van der Waals surface area contributed by atoms with Crippen LogP contribution in [-0.2, 0) is 5.41 Å². The number of hydrogen-bond donors (Lipinski definition) is 1. The molecule has 0 spiro atoms. The molecule has 1 atom stereocenters. The molecule has 5 heteroatoms. The number of fused-ring (bicyclic) bond motifs is 2. The SMILES string of the molecule is CC1=Nc2ccc(-c3c[nH]c4nc(C5CC5)ncc34)nc2C1(C)C(C)C.[HH]. The molecule has 1 N–H and O–H groups in total. The van der Waals surface area contributed by atoms with E-state index in [0.717, 1.165) is 45.2 Å². The summed E-state index contributed by atoms with van der Waals surface area (Å²) in [4.78, 5) is 22.4. The maximum atomic E-state index is 5.05. The lowest BCUT2D eigenvalue weighted by atomic mass is 9.73. The van der Waals surface area contributed by atoms with Crippen molar-refractivity contribution < 1.29 is 1.43 Å². The van der Waals surface area contributed by atoms with Crippen LogP contribution in [0, 0.1) is 5.92 Å². The average Bonchev–Trinajstić information content (AvgIpc) is 3.34. The van der Waals surface area contributed by atoms with E-state index in [1.165, 1.54) is 12.8 Å². The fourth-order valence-corrected chi connectivity index (χ4v) is 3.90. The second kappa shape index (κ2) is 5.22. The summed E-state index contributed by atoms with van der Waals surface area (Å²) in [7, 11) is 0. The molecular formula is C21H25N5. The van der Waals surface area contributed by atoms with E-state index in [1.54, 1.807) is 0 Å². The third-order valence-electron chi connectivity index (χ3n) is 6.23. The lowest BCUT2D eigenvalue weighted by Crippen LogP contribution is -2.34. The highest BCUT2D eigenvalue weighted by Crippen LogP contribution is 2.45. The van der Waals surface area contributed by atoms with Crippen molar-refractivity contribution in [1.82, 2.24) is 19.9 Å². The van der Waals surface area contributed by atoms with Crippen molar-refractivity contribution in [3.8, 4) is 11.3 Å². The van der Waals surface area contributed by atoms with Gasteiger partial charge in [-0.3, -0.25) is 4.99 Å². The van der Waals surface area contributed by atoms with Crippen LogP contribution in [0.3, 0.4) is 0 Å². The van der Waals surface area contributed by atoms with Gasteiger partial charge in [-0.25, -0.2) is 15.0 Å². The molecule has 1 fully saturated rings. The summed E-state index contributed by atoms with van der Waals surface area (Å²) in [6.07, 6.45) is 6.36. The quantitative estimate of drug-likeness (QED) is 0.711. The van der Waals surface area contributed by atoms with Crippen molar-refractivity contribution in [1.29, 1.82) is 0 Å². The van der Waals surface area contributed by atoms with Gasteiger partial charge in [-0.1, -0.05) is 13.8 Å². The van der Waals surface area contributed by atoms with Gasteiger partial charge in [0.1, 0.15) is 11.5 Å². The normalized spacial score (nSPS) is 22.1. The molecule has 2 aliphatic rings. The fraction of sp³-hybridized carbons (Fsp3) is 0.429. The lowest BCUT2D eigenvalue weighted by molar-refractivity contribution is 0.446. The molecule has 0 aromatic carbocycles. The zero-order valence-electron chi connectivity index (χ0n) is 15.7. The molecule has 0 saturated heterocycles. The molecule has 0 amide bonds. The molecule has 5 nitrogen and oxygen atoms in total. The average molecular weight is 347 g/mol. The van der Waals surface area contributed by atoms with Gasteiger partial charge in [0.15, 0.2) is 0 Å². The monoisotopic (exact) mass is 347 g/mol. The molecule has 26 heavy (non-hydrogen) atoms. The summed E-state index contributed by atoms with van der Waals surface area (Å²) in [5, 5.41) is 1.03. The van der Waals surface area contributed by atoms with Crippen LogP contribution in [-0.4, -0.2) is 25.6 Å². The zero-order chi connectivity index (χ0) is 18.1. The first kappa shape index (κ1) is 15.7. The Kier molecular flexibility index (Phi) is 3.15. The van der Waals surface area contributed by atoms with Crippen LogP contribution in [0.2, 0.25) is 0 Å². The van der Waals surface area contributed by atoms with Gasteiger partial charge >= 0.3 is 0 Å². The number of nitrogens with one attached hydrogen (secondary N) is 1. The summed E-state index contributed by atoms with van der Waals surface area (Å²) < 4.78 is 0. The Balaban J connectivity index is 0.00000180. The Morgan fingerprint density at radius 1 is 1.23 bits per heavy atom. The molecule has 1 aliphatic heterocycles. The minimum Gasteiger partial charge on any atom is -0.345 e. The predicted molar refractivity (Wildman–Crippen MR) is 106 cm³/mol. The number of H-pyrrole nitrogens is 1. The molecule has 5 rings (SSSR count). The standard InChI is InChI=1S/C21H23N5.H2/c1-11(2)21(4)12(3)24-17-8-7-16(25-18(17)21)14-9-23-20-15(14)10-22-19(26-20)13-5-6-13;/h7-11,13H,5-6H2,1-4H3,(H,22,23,26);1H. The number of aromatic nitrogens is 4. The van der Waals surface area contributed by atoms with Crippen LogP contribution in [0.15, 0.2) is 29.5 Å². The summed E-state index contributed by atoms with van der Waals surface area (Å²) in [6, 6.07) is 4.14. The summed E-state index contributed by atoms with van der Waals surface area (Å²) >= 11 is 0. The van der Waals surface area contributed by atoms with Crippen molar-refractivity contribution in [3.63, 3.8) is 0 Å². The van der Waals surface area contributed by atoms with Crippen molar-refractivity contribution >= 4 is 22.4 Å². The summed E-state index contributed by atoms with van der Waals surface area (Å²) in [6.45, 7) is 8.84. The molecule has 1 unspecified atom stereocenters. The number of pyridine rings is 1. The van der Waals surface area contributed by atoms with E-state index in [0.29, 0.717) is 11.8 Å². The second-order valence-electron chi connectivity index (χ2n) is 8.09. The second-order valence-corrected chi connectivity index (χ2v) is 8.09. The molecular weight excluding hydrogens is 322 g/mol. The van der Waals surface area contributed by atoms with Gasteiger partial charge in [0.25, 0.3) is 0 Å². The number of nitrogens with zero attached hydrogens (tertiary/aromatic N) is 4. The smallest absolute Gasteiger partial charge is 0.141 e. The summed E-state index contributed by atoms with van der Waals surface area (Å²) in [5.74, 6) is 1.95. The molecule has 3 aromatic heterocycles. The topological polar surface area (TPSA) is 66.8 Å². The highest BCUT2D eigenvalue weighted by Gasteiger charge is 2.41. The maximum Gasteiger partial charge on any atom is 0.141 e. The van der Waals surface area contributed by atoms with Crippen molar-refractivity contribution in [3.05, 3.63) is 36.0 Å². The van der Waals surface area contributed by atoms with Crippen LogP contribution in [0.5, 0.6) is 0 Å². The van der Waals surface area contributed by atoms with E-state index in [-0.39, 0.29) is 6.84 Å². The minimum absolute atomic E-state index is 0. The van der Waals surface area contributed by atoms with Gasteiger partial charge < -0.3 is 4.98 Å². The highest BCUT2D eigenvalue weighted by atomic mass is 15.0. The Labute approximate surface area is 154 Å². The highest BCUT2D eigenvalue weighted by molar-refractivity contribution is 6.00. The van der Waals surface area contributed by atoms with Crippen LogP contribution < -0.4 is 0 Å². The van der Waals surface area contributed by atoms with Gasteiger partial charge in [-0.05, 0) is 44.7 Å². The van der Waals surface area contributed by atoms with E-state index in [4.69, 9.17) is 15.0 Å². The van der Waals surface area contributed by atoms with Gasteiger partial charge in [0.2, 0.25) is 0 Å². The Morgan fingerprint density at radius 2 is 2.04 bits per heavy atom. The lowest BCUT2D eigenvalue weighted by Gasteiger charge is -2.29. The van der Waals surface area contributed by atoms with E-state index < -0.39 is 0 Å². The Bertz CT molecular complexity index is 1060. The zero-order valence-corrected chi connectivity index (χ0v) is 15.7. The van der Waals surface area contributed by atoms with Crippen molar-refractivity contribution in [2.75, 3.05) is 0 Å². The van der Waals surface area contributed by atoms with Crippen molar-refractivity contribution in [2.24, 2.45) is 10.9 Å². The molecule has 4 heterocycles. The molecule has 1 saturated carbocycles. The molecule has 0 radical (unpaired) electrons. The van der Waals surface area contributed by atoms with E-state index in [1.807, 2.05) is 12.4 Å². The number of rotatable bonds is 3. The number of aliphatic imine (C=N–C) groups is 1. The van der Waals surface area contributed by atoms with E-state index in [2.05, 4.69) is 49.8 Å². The number of aromatic amines is 1. The largest absolute Gasteiger partial charge is 0.345 e. The third kappa shape index (κ3) is 2.09. The first-order chi connectivity index (χ1) is 12.5. The van der Waals surface area contributed by atoms with Gasteiger partial charge in [0.05, 0.1) is 22.5 Å². The molecule has 0 bridgehead atoms. The van der Waals surface area contributed by atoms with Gasteiger partial charge in [-0.15, -0.1) is 0 Å². The van der Waals surface area contributed by atoms with Crippen molar-refractivity contribution in [2.45, 2.75) is 51.9 Å². The fourth-order valence-electron chi connectivity index (χ4n) is 3.90. The molecule has 134 valence electrons. The van der Waals surface area contributed by atoms with Crippen LogP contribution in [0.4, 0.5) is 5.69 Å². The van der Waals surface area contributed by atoms with Gasteiger partial charge in [0, 0.05) is 36.4 Å². The Hall–Kier alpha value is -2.56. The molecule has 1 aliphatic carbocycles. The van der Waals surface area contributed by atoms with E-state index >= 15 is 0 Å². The first-order valence-electron chi connectivity index (χ1n) is 9.40. The minimum atomic E-state index is -0.118. The first-order valence-corrected chi connectivity index (χ1v) is 9.40. The molecule has 3 aromatic rings. The number of hydrogen-bond acceptors (Lipinski definition) is 4.